The second-order valence-corrected chi connectivity index (χ2v) is 8.58. The van der Waals surface area contributed by atoms with Gasteiger partial charge in [-0.05, 0) is 54.8 Å². The van der Waals surface area contributed by atoms with Crippen molar-refractivity contribution in [1.29, 1.82) is 0 Å². The molecule has 0 aliphatic carbocycles. The fourth-order valence-corrected chi connectivity index (χ4v) is 4.90. The lowest BCUT2D eigenvalue weighted by molar-refractivity contribution is -0.126. The van der Waals surface area contributed by atoms with E-state index in [2.05, 4.69) is 0 Å². The summed E-state index contributed by atoms with van der Waals surface area (Å²) in [4.78, 5) is 34.9. The van der Waals surface area contributed by atoms with Crippen LogP contribution in [0.5, 0.6) is 0 Å². The molecule has 3 atom stereocenters. The first-order chi connectivity index (χ1) is 14.0. The highest BCUT2D eigenvalue weighted by molar-refractivity contribution is 7.10. The molecule has 146 valence electrons. The van der Waals surface area contributed by atoms with Gasteiger partial charge in [0.1, 0.15) is 12.0 Å². The number of hydroxylamine groups is 1. The third-order valence-electron chi connectivity index (χ3n) is 5.32. The first kappa shape index (κ1) is 18.4. The zero-order valence-electron chi connectivity index (χ0n) is 15.5. The van der Waals surface area contributed by atoms with Gasteiger partial charge in [0.05, 0.1) is 11.4 Å². The molecular weight excluding hydrogens is 408 g/mol. The van der Waals surface area contributed by atoms with Crippen molar-refractivity contribution in [1.82, 2.24) is 0 Å². The molecule has 0 N–H and O–H groups in total. The van der Waals surface area contributed by atoms with Crippen LogP contribution in [0.3, 0.4) is 0 Å². The summed E-state index contributed by atoms with van der Waals surface area (Å²) >= 11 is 7.57. The smallest absolute Gasteiger partial charge is 0.266 e. The topological polar surface area (TPSA) is 49.9 Å². The van der Waals surface area contributed by atoms with Gasteiger partial charge < -0.3 is 0 Å². The molecule has 29 heavy (non-hydrogen) atoms. The van der Waals surface area contributed by atoms with Crippen LogP contribution in [0.1, 0.15) is 16.5 Å². The number of carbonyl (C=O) groups is 2. The van der Waals surface area contributed by atoms with E-state index in [1.165, 1.54) is 4.90 Å². The van der Waals surface area contributed by atoms with Gasteiger partial charge in [0.25, 0.3) is 5.91 Å². The molecule has 3 heterocycles. The van der Waals surface area contributed by atoms with Gasteiger partial charge in [-0.2, -0.15) is 0 Å². The maximum Gasteiger partial charge on any atom is 0.266 e. The van der Waals surface area contributed by atoms with Gasteiger partial charge in [0.2, 0.25) is 5.91 Å². The molecule has 0 spiro atoms. The molecular formula is C22H17ClN2O3S. The minimum Gasteiger partial charge on any atom is -0.273 e. The van der Waals surface area contributed by atoms with Crippen molar-refractivity contribution in [3.8, 4) is 0 Å². The molecule has 3 aromatic rings. The molecule has 2 saturated heterocycles. The Morgan fingerprint density at radius 3 is 2.28 bits per heavy atom. The number of carbonyl (C=O) groups excluding carboxylic acids is 2. The summed E-state index contributed by atoms with van der Waals surface area (Å²) in [5, 5.41) is 4.25. The monoisotopic (exact) mass is 424 g/mol. The van der Waals surface area contributed by atoms with Gasteiger partial charge in [0.15, 0.2) is 6.10 Å². The highest BCUT2D eigenvalue weighted by Crippen LogP contribution is 2.48. The number of anilines is 2. The average molecular weight is 425 g/mol. The van der Waals surface area contributed by atoms with Crippen LogP contribution in [0, 0.1) is 12.8 Å². The number of nitrogens with zero attached hydrogens (tertiary/aromatic N) is 2. The zero-order chi connectivity index (χ0) is 20.1. The Morgan fingerprint density at radius 2 is 1.62 bits per heavy atom. The van der Waals surface area contributed by atoms with Crippen LogP contribution >= 0.6 is 22.9 Å². The Balaban J connectivity index is 1.56. The molecule has 0 bridgehead atoms. The number of fused-ring (bicyclic) bond motifs is 1. The van der Waals surface area contributed by atoms with Crippen LogP contribution in [0.25, 0.3) is 0 Å². The third-order valence-corrected chi connectivity index (χ3v) is 6.52. The molecule has 0 radical (unpaired) electrons. The molecule has 0 unspecified atom stereocenters. The number of benzene rings is 2. The fourth-order valence-electron chi connectivity index (χ4n) is 3.92. The number of thiophene rings is 1. The van der Waals surface area contributed by atoms with Crippen LogP contribution in [-0.4, -0.2) is 17.9 Å². The number of imide groups is 1. The quantitative estimate of drug-likeness (QED) is 0.569. The lowest BCUT2D eigenvalue weighted by Gasteiger charge is -2.27. The third kappa shape index (κ3) is 2.95. The van der Waals surface area contributed by atoms with Gasteiger partial charge in [0, 0.05) is 9.90 Å². The summed E-state index contributed by atoms with van der Waals surface area (Å²) < 4.78 is 0. The van der Waals surface area contributed by atoms with Gasteiger partial charge >= 0.3 is 0 Å². The minimum absolute atomic E-state index is 0.237. The molecule has 2 aliphatic heterocycles. The van der Waals surface area contributed by atoms with E-state index in [0.717, 1.165) is 16.1 Å². The lowest BCUT2D eigenvalue weighted by Crippen LogP contribution is -2.37. The number of halogens is 1. The Kier molecular flexibility index (Phi) is 4.42. The lowest BCUT2D eigenvalue weighted by atomic mass is 9.95. The van der Waals surface area contributed by atoms with Gasteiger partial charge in [-0.1, -0.05) is 35.4 Å². The van der Waals surface area contributed by atoms with Crippen molar-refractivity contribution in [3.05, 3.63) is 81.5 Å². The summed E-state index contributed by atoms with van der Waals surface area (Å²) in [6.45, 7) is 1.96. The van der Waals surface area contributed by atoms with Crippen LogP contribution in [0.4, 0.5) is 11.4 Å². The average Bonchev–Trinajstić information content (AvgIpc) is 3.41. The Morgan fingerprint density at radius 1 is 0.931 bits per heavy atom. The summed E-state index contributed by atoms with van der Waals surface area (Å²) in [7, 11) is 0. The predicted octanol–water partition coefficient (Wildman–Crippen LogP) is 4.76. The summed E-state index contributed by atoms with van der Waals surface area (Å²) in [6, 6.07) is 18.1. The summed E-state index contributed by atoms with van der Waals surface area (Å²) in [5.41, 5.74) is 2.39. The summed E-state index contributed by atoms with van der Waals surface area (Å²) in [6.07, 6.45) is -0.855. The van der Waals surface area contributed by atoms with E-state index in [4.69, 9.17) is 16.4 Å². The number of aryl methyl sites for hydroxylation is 1. The molecule has 2 fully saturated rings. The van der Waals surface area contributed by atoms with Crippen LogP contribution in [-0.2, 0) is 14.4 Å². The van der Waals surface area contributed by atoms with Crippen molar-refractivity contribution < 1.29 is 14.4 Å². The van der Waals surface area contributed by atoms with Crippen LogP contribution < -0.4 is 9.96 Å². The molecule has 5 rings (SSSR count). The number of hydrogen-bond acceptors (Lipinski definition) is 5. The molecule has 1 aromatic heterocycles. The molecule has 7 heteroatoms. The molecule has 2 aliphatic rings. The fraction of sp³-hybridized carbons (Fsp3) is 0.182. The standard InChI is InChI=1S/C22H17ClN2O3S/c1-13-4-8-15(9-5-13)24-21(26)18-19(17-3-2-12-29-17)25(28-20(18)22(24)27)16-10-6-14(23)7-11-16/h2-12,18-20H,1H3/t18-,19-,20+/m0/s1. The molecule has 0 saturated carbocycles. The molecule has 2 amide bonds. The van der Waals surface area contributed by atoms with E-state index >= 15 is 0 Å². The Bertz CT molecular complexity index is 1070. The summed E-state index contributed by atoms with van der Waals surface area (Å²) in [5.74, 6) is -1.18. The first-order valence-electron chi connectivity index (χ1n) is 9.24. The van der Waals surface area contributed by atoms with E-state index in [0.29, 0.717) is 10.7 Å². The highest BCUT2D eigenvalue weighted by Gasteiger charge is 2.60. The Labute approximate surface area is 177 Å². The van der Waals surface area contributed by atoms with Crippen molar-refractivity contribution in [2.45, 2.75) is 19.1 Å². The SMILES string of the molecule is Cc1ccc(N2C(=O)[C@@H]3[C@@H](ON(c4ccc(Cl)cc4)[C@H]3c3cccs3)C2=O)cc1. The van der Waals surface area contributed by atoms with Crippen molar-refractivity contribution in [3.63, 3.8) is 0 Å². The normalized spacial score (nSPS) is 23.7. The number of hydrogen-bond donors (Lipinski definition) is 0. The highest BCUT2D eigenvalue weighted by atomic mass is 35.5. The zero-order valence-corrected chi connectivity index (χ0v) is 17.1. The number of amides is 2. The maximum absolute atomic E-state index is 13.4. The van der Waals surface area contributed by atoms with E-state index in [9.17, 15) is 9.59 Å². The van der Waals surface area contributed by atoms with Crippen molar-refractivity contribution in [2.75, 3.05) is 9.96 Å². The molecule has 5 nitrogen and oxygen atoms in total. The Hall–Kier alpha value is -2.67. The van der Waals surface area contributed by atoms with Crippen LogP contribution in [0.15, 0.2) is 66.0 Å². The number of rotatable bonds is 3. The van der Waals surface area contributed by atoms with Gasteiger partial charge in [-0.3, -0.25) is 14.4 Å². The van der Waals surface area contributed by atoms with E-state index in [-0.39, 0.29) is 17.9 Å². The maximum atomic E-state index is 13.4. The second kappa shape index (κ2) is 6.99. The molecule has 2 aromatic carbocycles. The minimum atomic E-state index is -0.855. The van der Waals surface area contributed by atoms with Crippen molar-refractivity contribution in [2.24, 2.45) is 5.92 Å². The van der Waals surface area contributed by atoms with Crippen molar-refractivity contribution >= 4 is 46.1 Å². The van der Waals surface area contributed by atoms with E-state index in [1.54, 1.807) is 40.7 Å². The van der Waals surface area contributed by atoms with Gasteiger partial charge in [-0.15, -0.1) is 11.3 Å². The van der Waals surface area contributed by atoms with Gasteiger partial charge in [-0.25, -0.2) is 9.96 Å². The first-order valence-corrected chi connectivity index (χ1v) is 10.5. The predicted molar refractivity (Wildman–Crippen MR) is 113 cm³/mol. The van der Waals surface area contributed by atoms with Crippen LogP contribution in [0.2, 0.25) is 5.02 Å². The largest absolute Gasteiger partial charge is 0.273 e. The van der Waals surface area contributed by atoms with E-state index in [1.807, 2.05) is 48.7 Å². The second-order valence-electron chi connectivity index (χ2n) is 7.16. The van der Waals surface area contributed by atoms with E-state index < -0.39 is 12.0 Å².